The van der Waals surface area contributed by atoms with Gasteiger partial charge in [-0.3, -0.25) is 19.6 Å². The summed E-state index contributed by atoms with van der Waals surface area (Å²) in [6, 6.07) is 16.6. The quantitative estimate of drug-likeness (QED) is 0.288. The smallest absolute Gasteiger partial charge is 0.269 e. The van der Waals surface area contributed by atoms with Gasteiger partial charge in [-0.15, -0.1) is 0 Å². The summed E-state index contributed by atoms with van der Waals surface area (Å²) in [5, 5.41) is 13.3. The molecule has 0 saturated heterocycles. The van der Waals surface area contributed by atoms with Gasteiger partial charge in [-0.05, 0) is 72.7 Å². The lowest BCUT2D eigenvalue weighted by Crippen LogP contribution is -2.14. The van der Waals surface area contributed by atoms with E-state index in [1.54, 1.807) is 12.1 Å². The fourth-order valence-electron chi connectivity index (χ4n) is 2.89. The predicted molar refractivity (Wildman–Crippen MR) is 126 cm³/mol. The van der Waals surface area contributed by atoms with Gasteiger partial charge in [0.15, 0.2) is 0 Å². The van der Waals surface area contributed by atoms with E-state index >= 15 is 0 Å². The summed E-state index contributed by atoms with van der Waals surface area (Å²) in [5.74, 6) is -0.0422. The number of nitrogens with zero attached hydrogens (tertiary/aromatic N) is 1. The van der Waals surface area contributed by atoms with Gasteiger partial charge < -0.3 is 10.1 Å². The van der Waals surface area contributed by atoms with Crippen molar-refractivity contribution in [3.8, 4) is 5.75 Å². The van der Waals surface area contributed by atoms with Crippen molar-refractivity contribution in [2.45, 2.75) is 11.8 Å². The summed E-state index contributed by atoms with van der Waals surface area (Å²) < 4.78 is 33.2. The summed E-state index contributed by atoms with van der Waals surface area (Å²) in [4.78, 5) is 22.3. The highest BCUT2D eigenvalue weighted by molar-refractivity contribution is 7.92. The van der Waals surface area contributed by atoms with Gasteiger partial charge in [0.2, 0.25) is 5.91 Å². The minimum atomic E-state index is -3.87. The number of rotatable bonds is 8. The molecule has 0 aliphatic rings. The molecule has 3 rings (SSSR count). The number of hydrogen-bond acceptors (Lipinski definition) is 6. The number of nitro groups is 1. The van der Waals surface area contributed by atoms with E-state index in [0.29, 0.717) is 22.7 Å². The molecule has 0 spiro atoms. The Morgan fingerprint density at radius 1 is 1.03 bits per heavy atom. The van der Waals surface area contributed by atoms with Crippen LogP contribution in [-0.2, 0) is 14.8 Å². The Hall–Kier alpha value is -4.18. The van der Waals surface area contributed by atoms with E-state index in [0.717, 1.165) is 5.56 Å². The van der Waals surface area contributed by atoms with Crippen LogP contribution < -0.4 is 14.8 Å². The molecule has 0 aliphatic carbocycles. The van der Waals surface area contributed by atoms with Crippen LogP contribution in [0.2, 0.25) is 0 Å². The van der Waals surface area contributed by atoms with E-state index in [4.69, 9.17) is 4.74 Å². The SMILES string of the molecule is COc1ccc(C)cc1NS(=O)(=O)c1ccc(NC(=O)/C=C/c2ccc([N+](=O)[O-])cc2)cc1. The molecule has 3 aromatic carbocycles. The number of ether oxygens (including phenoxy) is 1. The highest BCUT2D eigenvalue weighted by Crippen LogP contribution is 2.28. The van der Waals surface area contributed by atoms with Gasteiger partial charge in [0.25, 0.3) is 15.7 Å². The Morgan fingerprint density at radius 2 is 1.70 bits per heavy atom. The van der Waals surface area contributed by atoms with Crippen molar-refractivity contribution in [1.29, 1.82) is 0 Å². The molecule has 2 N–H and O–H groups in total. The fourth-order valence-corrected chi connectivity index (χ4v) is 3.95. The van der Waals surface area contributed by atoms with Crippen LogP contribution in [-0.4, -0.2) is 26.4 Å². The van der Waals surface area contributed by atoms with Crippen LogP contribution >= 0.6 is 0 Å². The molecule has 0 fully saturated rings. The Labute approximate surface area is 190 Å². The third-order valence-electron chi connectivity index (χ3n) is 4.56. The van der Waals surface area contributed by atoms with Gasteiger partial charge in [0, 0.05) is 23.9 Å². The third-order valence-corrected chi connectivity index (χ3v) is 5.94. The van der Waals surface area contributed by atoms with E-state index in [9.17, 15) is 23.3 Å². The molecule has 0 atom stereocenters. The van der Waals surface area contributed by atoms with Crippen molar-refractivity contribution in [2.24, 2.45) is 0 Å². The van der Waals surface area contributed by atoms with E-state index in [-0.39, 0.29) is 10.6 Å². The van der Waals surface area contributed by atoms with Crippen molar-refractivity contribution in [3.63, 3.8) is 0 Å². The normalized spacial score (nSPS) is 11.2. The van der Waals surface area contributed by atoms with Crippen LogP contribution in [0.3, 0.4) is 0 Å². The van der Waals surface area contributed by atoms with Gasteiger partial charge in [-0.25, -0.2) is 8.42 Å². The molecule has 0 aliphatic heterocycles. The lowest BCUT2D eigenvalue weighted by Gasteiger charge is -2.13. The number of hydrogen-bond donors (Lipinski definition) is 2. The molecular weight excluding hydrogens is 446 g/mol. The molecule has 9 nitrogen and oxygen atoms in total. The Bertz CT molecular complexity index is 1300. The average Bonchev–Trinajstić information content (AvgIpc) is 2.78. The first-order valence-electron chi connectivity index (χ1n) is 9.69. The first-order chi connectivity index (χ1) is 15.7. The van der Waals surface area contributed by atoms with Crippen LogP contribution in [0.15, 0.2) is 77.7 Å². The molecule has 0 bridgehead atoms. The number of carbonyl (C=O) groups is 1. The molecule has 3 aromatic rings. The number of non-ortho nitro benzene ring substituents is 1. The molecule has 33 heavy (non-hydrogen) atoms. The van der Waals surface area contributed by atoms with E-state index in [1.165, 1.54) is 67.8 Å². The maximum atomic E-state index is 12.7. The van der Waals surface area contributed by atoms with Gasteiger partial charge in [0.05, 0.1) is 22.6 Å². The average molecular weight is 468 g/mol. The number of nitro benzene ring substituents is 1. The lowest BCUT2D eigenvalue weighted by molar-refractivity contribution is -0.384. The van der Waals surface area contributed by atoms with E-state index in [1.807, 2.05) is 13.0 Å². The Balaban J connectivity index is 1.66. The van der Waals surface area contributed by atoms with Gasteiger partial charge in [-0.1, -0.05) is 6.07 Å². The van der Waals surface area contributed by atoms with Crippen LogP contribution in [0.4, 0.5) is 17.1 Å². The molecular formula is C23H21N3O6S. The summed E-state index contributed by atoms with van der Waals surface area (Å²) in [6.07, 6.45) is 2.79. The molecule has 0 radical (unpaired) electrons. The van der Waals surface area contributed by atoms with Gasteiger partial charge in [0.1, 0.15) is 5.75 Å². The van der Waals surface area contributed by atoms with Crippen LogP contribution in [0.1, 0.15) is 11.1 Å². The number of benzene rings is 3. The molecule has 170 valence electrons. The third kappa shape index (κ3) is 6.17. The molecule has 0 unspecified atom stereocenters. The maximum Gasteiger partial charge on any atom is 0.269 e. The van der Waals surface area contributed by atoms with Gasteiger partial charge >= 0.3 is 0 Å². The Morgan fingerprint density at radius 3 is 2.30 bits per heavy atom. The minimum Gasteiger partial charge on any atom is -0.495 e. The summed E-state index contributed by atoms with van der Waals surface area (Å²) in [7, 11) is -2.41. The molecule has 0 saturated carbocycles. The summed E-state index contributed by atoms with van der Waals surface area (Å²) in [5.41, 5.74) is 2.18. The fraction of sp³-hybridized carbons (Fsp3) is 0.0870. The first-order valence-corrected chi connectivity index (χ1v) is 11.2. The molecule has 0 aromatic heterocycles. The molecule has 1 amide bonds. The predicted octanol–water partition coefficient (Wildman–Crippen LogP) is 4.36. The van der Waals surface area contributed by atoms with Crippen molar-refractivity contribution >= 4 is 39.1 Å². The second-order valence-electron chi connectivity index (χ2n) is 7.00. The topological polar surface area (TPSA) is 128 Å². The number of anilines is 2. The van der Waals surface area contributed by atoms with Crippen molar-refractivity contribution in [3.05, 3.63) is 94.0 Å². The van der Waals surface area contributed by atoms with Crippen molar-refractivity contribution in [2.75, 3.05) is 17.1 Å². The van der Waals surface area contributed by atoms with Crippen molar-refractivity contribution in [1.82, 2.24) is 0 Å². The monoisotopic (exact) mass is 467 g/mol. The zero-order chi connectivity index (χ0) is 24.0. The lowest BCUT2D eigenvalue weighted by atomic mass is 10.2. The van der Waals surface area contributed by atoms with Gasteiger partial charge in [-0.2, -0.15) is 0 Å². The molecule has 10 heteroatoms. The highest BCUT2D eigenvalue weighted by Gasteiger charge is 2.17. The number of methoxy groups -OCH3 is 1. The summed E-state index contributed by atoms with van der Waals surface area (Å²) in [6.45, 7) is 1.84. The van der Waals surface area contributed by atoms with Crippen LogP contribution in [0, 0.1) is 17.0 Å². The van der Waals surface area contributed by atoms with Crippen molar-refractivity contribution < 1.29 is 22.9 Å². The number of sulfonamides is 1. The maximum absolute atomic E-state index is 12.7. The first kappa shape index (κ1) is 23.5. The minimum absolute atomic E-state index is 0.0190. The number of amides is 1. The second-order valence-corrected chi connectivity index (χ2v) is 8.69. The van der Waals surface area contributed by atoms with E-state index in [2.05, 4.69) is 10.0 Å². The zero-order valence-corrected chi connectivity index (χ0v) is 18.6. The van der Waals surface area contributed by atoms with E-state index < -0.39 is 20.9 Å². The second kappa shape index (κ2) is 9.96. The zero-order valence-electron chi connectivity index (χ0n) is 17.8. The standard InChI is InChI=1S/C23H21N3O6S/c1-16-3-13-22(32-2)21(15-16)25-33(30,31)20-11-7-18(8-12-20)24-23(27)14-6-17-4-9-19(10-5-17)26(28)29/h3-15,25H,1-2H3,(H,24,27)/b14-6+. The molecule has 0 heterocycles. The highest BCUT2D eigenvalue weighted by atomic mass is 32.2. The summed E-state index contributed by atoms with van der Waals surface area (Å²) >= 11 is 0. The number of nitrogens with one attached hydrogen (secondary N) is 2. The van der Waals surface area contributed by atoms with Crippen LogP contribution in [0.5, 0.6) is 5.75 Å². The Kier molecular flexibility index (Phi) is 7.09. The van der Waals surface area contributed by atoms with Crippen LogP contribution in [0.25, 0.3) is 6.08 Å². The number of aryl methyl sites for hydroxylation is 1. The largest absolute Gasteiger partial charge is 0.495 e. The number of carbonyl (C=O) groups excluding carboxylic acids is 1.